The standard InChI is InChI=1S/C21H22BrN3O/c1-2-20(26)24-13-5-8-19(24)21-23-17-6-3-4-7-18(17)25(21)14-15-9-11-16(22)12-10-15/h3-4,6-7,9-12,19H,2,5,8,13-14H2,1H3/t19-/m1/s1. The Morgan fingerprint density at radius 1 is 1.19 bits per heavy atom. The highest BCUT2D eigenvalue weighted by Gasteiger charge is 2.32. The number of halogens is 1. The zero-order valence-electron chi connectivity index (χ0n) is 14.9. The smallest absolute Gasteiger partial charge is 0.222 e. The Labute approximate surface area is 162 Å². The number of hydrogen-bond donors (Lipinski definition) is 0. The van der Waals surface area contributed by atoms with Crippen LogP contribution in [0.5, 0.6) is 0 Å². The van der Waals surface area contributed by atoms with E-state index in [0.717, 1.165) is 47.3 Å². The van der Waals surface area contributed by atoms with Crippen molar-refractivity contribution in [3.8, 4) is 0 Å². The molecule has 1 saturated heterocycles. The van der Waals surface area contributed by atoms with Gasteiger partial charge >= 0.3 is 0 Å². The van der Waals surface area contributed by atoms with Gasteiger partial charge in [-0.2, -0.15) is 0 Å². The van der Waals surface area contributed by atoms with E-state index >= 15 is 0 Å². The van der Waals surface area contributed by atoms with E-state index in [0.29, 0.717) is 6.42 Å². The van der Waals surface area contributed by atoms with Crippen LogP contribution in [0.3, 0.4) is 0 Å². The largest absolute Gasteiger partial charge is 0.333 e. The lowest BCUT2D eigenvalue weighted by molar-refractivity contribution is -0.131. The predicted molar refractivity (Wildman–Crippen MR) is 107 cm³/mol. The van der Waals surface area contributed by atoms with Gasteiger partial charge in [-0.1, -0.05) is 47.1 Å². The van der Waals surface area contributed by atoms with Crippen LogP contribution in [0.1, 0.15) is 43.6 Å². The summed E-state index contributed by atoms with van der Waals surface area (Å²) in [6.45, 7) is 3.52. The quantitative estimate of drug-likeness (QED) is 0.610. The first-order valence-corrected chi connectivity index (χ1v) is 9.95. The van der Waals surface area contributed by atoms with Crippen molar-refractivity contribution in [2.75, 3.05) is 6.54 Å². The van der Waals surface area contributed by atoms with E-state index in [4.69, 9.17) is 4.98 Å². The molecule has 0 aliphatic carbocycles. The first-order chi connectivity index (χ1) is 12.7. The van der Waals surface area contributed by atoms with Crippen LogP contribution in [0.2, 0.25) is 0 Å². The van der Waals surface area contributed by atoms with Crippen LogP contribution in [0.4, 0.5) is 0 Å². The Kier molecular flexibility index (Phi) is 4.81. The number of hydrogen-bond acceptors (Lipinski definition) is 2. The first-order valence-electron chi connectivity index (χ1n) is 9.16. The molecule has 1 amide bonds. The Balaban J connectivity index is 1.79. The molecule has 1 fully saturated rings. The lowest BCUT2D eigenvalue weighted by atomic mass is 10.1. The lowest BCUT2D eigenvalue weighted by Crippen LogP contribution is -2.31. The van der Waals surface area contributed by atoms with E-state index in [-0.39, 0.29) is 11.9 Å². The zero-order valence-corrected chi connectivity index (χ0v) is 16.4. The number of fused-ring (bicyclic) bond motifs is 1. The zero-order chi connectivity index (χ0) is 18.1. The molecule has 4 rings (SSSR count). The minimum atomic E-state index is 0.0744. The van der Waals surface area contributed by atoms with Crippen molar-refractivity contribution < 1.29 is 4.79 Å². The number of carbonyl (C=O) groups excluding carboxylic acids is 1. The van der Waals surface area contributed by atoms with Crippen LogP contribution in [0.15, 0.2) is 53.0 Å². The number of benzene rings is 2. The summed E-state index contributed by atoms with van der Waals surface area (Å²) < 4.78 is 3.36. The molecule has 0 spiro atoms. The van der Waals surface area contributed by atoms with E-state index in [1.54, 1.807) is 0 Å². The summed E-state index contributed by atoms with van der Waals surface area (Å²) in [6, 6.07) is 16.7. The normalized spacial score (nSPS) is 17.2. The molecule has 0 unspecified atom stereocenters. The van der Waals surface area contributed by atoms with Crippen LogP contribution in [0.25, 0.3) is 11.0 Å². The molecule has 2 heterocycles. The minimum Gasteiger partial charge on any atom is -0.333 e. The van der Waals surface area contributed by atoms with Gasteiger partial charge in [0.15, 0.2) is 0 Å². The third-order valence-corrected chi connectivity index (χ3v) is 5.64. The summed E-state index contributed by atoms with van der Waals surface area (Å²) in [7, 11) is 0. The number of imidazole rings is 1. The minimum absolute atomic E-state index is 0.0744. The number of rotatable bonds is 4. The van der Waals surface area contributed by atoms with Gasteiger partial charge in [0.25, 0.3) is 0 Å². The van der Waals surface area contributed by atoms with Crippen LogP contribution in [-0.2, 0) is 11.3 Å². The molecule has 134 valence electrons. The van der Waals surface area contributed by atoms with Crippen LogP contribution < -0.4 is 0 Å². The van der Waals surface area contributed by atoms with Gasteiger partial charge in [-0.05, 0) is 42.7 Å². The molecule has 0 bridgehead atoms. The average Bonchev–Trinajstić information content (AvgIpc) is 3.28. The molecule has 26 heavy (non-hydrogen) atoms. The summed E-state index contributed by atoms with van der Waals surface area (Å²) in [4.78, 5) is 19.4. The maximum absolute atomic E-state index is 12.4. The molecule has 2 aromatic carbocycles. The Morgan fingerprint density at radius 2 is 1.96 bits per heavy atom. The third kappa shape index (κ3) is 3.16. The Bertz CT molecular complexity index is 932. The van der Waals surface area contributed by atoms with E-state index in [1.165, 1.54) is 5.56 Å². The number of carbonyl (C=O) groups is 1. The monoisotopic (exact) mass is 411 g/mol. The number of aromatic nitrogens is 2. The molecular formula is C21H22BrN3O. The van der Waals surface area contributed by atoms with Crippen molar-refractivity contribution in [2.45, 2.75) is 38.8 Å². The second-order valence-corrected chi connectivity index (χ2v) is 7.69. The number of para-hydroxylation sites is 2. The van der Waals surface area contributed by atoms with E-state index < -0.39 is 0 Å². The predicted octanol–water partition coefficient (Wildman–Crippen LogP) is 4.92. The van der Waals surface area contributed by atoms with E-state index in [9.17, 15) is 4.79 Å². The Morgan fingerprint density at radius 3 is 2.73 bits per heavy atom. The SMILES string of the molecule is CCC(=O)N1CCC[C@@H]1c1nc2ccccc2n1Cc1ccc(Br)cc1. The molecule has 1 aromatic heterocycles. The topological polar surface area (TPSA) is 38.1 Å². The molecule has 1 aliphatic heterocycles. The molecule has 3 aromatic rings. The molecular weight excluding hydrogens is 390 g/mol. The molecule has 1 atom stereocenters. The second-order valence-electron chi connectivity index (χ2n) is 6.77. The van der Waals surface area contributed by atoms with Crippen LogP contribution in [-0.4, -0.2) is 26.9 Å². The highest BCUT2D eigenvalue weighted by atomic mass is 79.9. The fourth-order valence-electron chi connectivity index (χ4n) is 3.82. The first kappa shape index (κ1) is 17.3. The fraction of sp³-hybridized carbons (Fsp3) is 0.333. The summed E-state index contributed by atoms with van der Waals surface area (Å²) in [5, 5.41) is 0. The fourth-order valence-corrected chi connectivity index (χ4v) is 4.09. The van der Waals surface area contributed by atoms with Crippen LogP contribution >= 0.6 is 15.9 Å². The van der Waals surface area contributed by atoms with Crippen molar-refractivity contribution in [3.63, 3.8) is 0 Å². The van der Waals surface area contributed by atoms with Gasteiger partial charge in [-0.15, -0.1) is 0 Å². The highest BCUT2D eigenvalue weighted by Crippen LogP contribution is 2.34. The van der Waals surface area contributed by atoms with Gasteiger partial charge in [-0.25, -0.2) is 4.98 Å². The molecule has 1 aliphatic rings. The van der Waals surface area contributed by atoms with Crippen molar-refractivity contribution in [3.05, 3.63) is 64.4 Å². The highest BCUT2D eigenvalue weighted by molar-refractivity contribution is 9.10. The molecule has 0 radical (unpaired) electrons. The van der Waals surface area contributed by atoms with Gasteiger partial charge in [0.2, 0.25) is 5.91 Å². The van der Waals surface area contributed by atoms with Gasteiger partial charge < -0.3 is 9.47 Å². The number of likely N-dealkylation sites (tertiary alicyclic amines) is 1. The summed E-state index contributed by atoms with van der Waals surface area (Å²) in [5.41, 5.74) is 3.35. The van der Waals surface area contributed by atoms with Gasteiger partial charge in [0.1, 0.15) is 5.82 Å². The third-order valence-electron chi connectivity index (χ3n) is 5.11. The average molecular weight is 412 g/mol. The molecule has 5 heteroatoms. The van der Waals surface area contributed by atoms with Crippen LogP contribution in [0, 0.1) is 0 Å². The number of amides is 1. The second kappa shape index (κ2) is 7.23. The Hall–Kier alpha value is -2.14. The van der Waals surface area contributed by atoms with Crippen molar-refractivity contribution in [1.82, 2.24) is 14.5 Å². The molecule has 4 nitrogen and oxygen atoms in total. The van der Waals surface area contributed by atoms with E-state index in [2.05, 4.69) is 63.0 Å². The maximum Gasteiger partial charge on any atom is 0.222 e. The summed E-state index contributed by atoms with van der Waals surface area (Å²) in [5.74, 6) is 1.23. The van der Waals surface area contributed by atoms with Crippen molar-refractivity contribution in [2.24, 2.45) is 0 Å². The van der Waals surface area contributed by atoms with Gasteiger partial charge in [0.05, 0.1) is 17.1 Å². The van der Waals surface area contributed by atoms with Crippen molar-refractivity contribution in [1.29, 1.82) is 0 Å². The lowest BCUT2D eigenvalue weighted by Gasteiger charge is -2.25. The molecule has 0 N–H and O–H groups in total. The van der Waals surface area contributed by atoms with E-state index in [1.807, 2.05) is 17.9 Å². The maximum atomic E-state index is 12.4. The van der Waals surface area contributed by atoms with Gasteiger partial charge in [0, 0.05) is 24.0 Å². The number of nitrogens with zero attached hydrogens (tertiary/aromatic N) is 3. The van der Waals surface area contributed by atoms with Gasteiger partial charge in [-0.3, -0.25) is 4.79 Å². The summed E-state index contributed by atoms with van der Waals surface area (Å²) >= 11 is 3.50. The van der Waals surface area contributed by atoms with Crippen molar-refractivity contribution >= 4 is 32.9 Å². The summed E-state index contributed by atoms with van der Waals surface area (Å²) in [6.07, 6.45) is 2.57. The molecule has 0 saturated carbocycles.